The van der Waals surface area contributed by atoms with E-state index >= 15 is 0 Å². The van der Waals surface area contributed by atoms with Crippen LogP contribution in [0.3, 0.4) is 0 Å². The Hall–Kier alpha value is 0.160. The third kappa shape index (κ3) is 9.39. The molecule has 2 unspecified atom stereocenters. The first-order valence-electron chi connectivity index (χ1n) is 5.50. The van der Waals surface area contributed by atoms with E-state index in [1.165, 1.54) is 0 Å². The normalized spacial score (nSPS) is 16.0. The summed E-state index contributed by atoms with van der Waals surface area (Å²) in [4.78, 5) is 0. The summed E-state index contributed by atoms with van der Waals surface area (Å²) in [6, 6.07) is 0. The molecule has 0 rings (SSSR count). The fourth-order valence-electron chi connectivity index (χ4n) is 1.20. The third-order valence-electron chi connectivity index (χ3n) is 2.19. The fraction of sp³-hybridized carbons (Fsp3) is 1.00. The van der Waals surface area contributed by atoms with E-state index in [4.69, 9.17) is 20.2 Å². The van der Waals surface area contributed by atoms with Crippen molar-refractivity contribution in [2.75, 3.05) is 25.6 Å². The number of hydrogen-bond acceptors (Lipinski definition) is 4. The highest BCUT2D eigenvalue weighted by molar-refractivity contribution is 8.13. The average molecular weight is 273 g/mol. The molecule has 6 heteroatoms. The van der Waals surface area contributed by atoms with E-state index in [-0.39, 0.29) is 17.8 Å². The van der Waals surface area contributed by atoms with Crippen molar-refractivity contribution in [1.82, 2.24) is 0 Å². The smallest absolute Gasteiger partial charge is 0.232 e. The minimum absolute atomic E-state index is 0.0213. The third-order valence-corrected chi connectivity index (χ3v) is 3.43. The molecule has 0 amide bonds. The van der Waals surface area contributed by atoms with Crippen molar-refractivity contribution in [3.05, 3.63) is 0 Å². The fourth-order valence-corrected chi connectivity index (χ4v) is 2.63. The van der Waals surface area contributed by atoms with Crippen LogP contribution >= 0.6 is 10.7 Å². The average Bonchev–Trinajstić information content (AvgIpc) is 2.19. The van der Waals surface area contributed by atoms with Gasteiger partial charge in [0.25, 0.3) is 0 Å². The standard InChI is InChI=1S/C10H21ClO4S/c1-4-10(8-16(11,12)13)7-15-9(3)6-14-5-2/h9-10H,4-8H2,1-3H3. The molecule has 2 atom stereocenters. The van der Waals surface area contributed by atoms with Gasteiger partial charge in [-0.05, 0) is 19.8 Å². The maximum absolute atomic E-state index is 10.9. The van der Waals surface area contributed by atoms with Crippen LogP contribution in [0.2, 0.25) is 0 Å². The Morgan fingerprint density at radius 1 is 1.25 bits per heavy atom. The predicted octanol–water partition coefficient (Wildman–Crippen LogP) is 2.02. The first-order valence-corrected chi connectivity index (χ1v) is 7.98. The summed E-state index contributed by atoms with van der Waals surface area (Å²) in [6.07, 6.45) is 0.708. The molecule has 0 N–H and O–H groups in total. The minimum atomic E-state index is -3.44. The van der Waals surface area contributed by atoms with Gasteiger partial charge in [-0.2, -0.15) is 0 Å². The van der Waals surface area contributed by atoms with Crippen LogP contribution in [0.5, 0.6) is 0 Å². The Balaban J connectivity index is 3.86. The number of halogens is 1. The van der Waals surface area contributed by atoms with Crippen LogP contribution in [-0.4, -0.2) is 40.1 Å². The lowest BCUT2D eigenvalue weighted by molar-refractivity contribution is -0.0149. The van der Waals surface area contributed by atoms with Gasteiger partial charge in [0, 0.05) is 17.3 Å². The van der Waals surface area contributed by atoms with E-state index in [0.29, 0.717) is 19.8 Å². The Bertz CT molecular complexity index is 266. The van der Waals surface area contributed by atoms with Crippen LogP contribution in [0.25, 0.3) is 0 Å². The molecule has 0 aliphatic rings. The highest BCUT2D eigenvalue weighted by Crippen LogP contribution is 2.11. The van der Waals surface area contributed by atoms with Crippen molar-refractivity contribution in [2.45, 2.75) is 33.3 Å². The molecule has 0 aliphatic carbocycles. The van der Waals surface area contributed by atoms with Gasteiger partial charge in [-0.1, -0.05) is 13.3 Å². The molecule has 0 aromatic carbocycles. The molecule has 0 saturated heterocycles. The van der Waals surface area contributed by atoms with E-state index in [2.05, 4.69) is 0 Å². The molecule has 0 bridgehead atoms. The SMILES string of the molecule is CCOCC(C)OCC(CC)CS(=O)(=O)Cl. The monoisotopic (exact) mass is 272 g/mol. The van der Waals surface area contributed by atoms with Gasteiger partial charge in [-0.25, -0.2) is 8.42 Å². The quantitative estimate of drug-likeness (QED) is 0.603. The largest absolute Gasteiger partial charge is 0.379 e. The van der Waals surface area contributed by atoms with Gasteiger partial charge in [0.2, 0.25) is 9.05 Å². The summed E-state index contributed by atoms with van der Waals surface area (Å²) < 4.78 is 32.5. The number of rotatable bonds is 9. The summed E-state index contributed by atoms with van der Waals surface area (Å²) >= 11 is 0. The van der Waals surface area contributed by atoms with Crippen LogP contribution in [0.15, 0.2) is 0 Å². The molecule has 98 valence electrons. The molecular formula is C10H21ClO4S. The Morgan fingerprint density at radius 2 is 1.88 bits per heavy atom. The Labute approximate surface area is 103 Å². The van der Waals surface area contributed by atoms with Crippen LogP contribution in [0.4, 0.5) is 0 Å². The Kier molecular flexibility index (Phi) is 8.36. The van der Waals surface area contributed by atoms with Gasteiger partial charge in [0.1, 0.15) is 0 Å². The molecule has 0 aromatic heterocycles. The van der Waals surface area contributed by atoms with Crippen LogP contribution in [0, 0.1) is 5.92 Å². The van der Waals surface area contributed by atoms with Crippen molar-refractivity contribution >= 4 is 19.7 Å². The van der Waals surface area contributed by atoms with Gasteiger partial charge < -0.3 is 9.47 Å². The molecule has 0 radical (unpaired) electrons. The second-order valence-corrected chi connectivity index (χ2v) is 6.60. The molecule has 0 aromatic rings. The Morgan fingerprint density at radius 3 is 2.31 bits per heavy atom. The van der Waals surface area contributed by atoms with Gasteiger partial charge in [-0.3, -0.25) is 0 Å². The molecule has 0 fully saturated rings. The van der Waals surface area contributed by atoms with Gasteiger partial charge in [-0.15, -0.1) is 0 Å². The van der Waals surface area contributed by atoms with Crippen molar-refractivity contribution in [3.63, 3.8) is 0 Å². The highest BCUT2D eigenvalue weighted by Gasteiger charge is 2.16. The van der Waals surface area contributed by atoms with Crippen molar-refractivity contribution in [1.29, 1.82) is 0 Å². The number of ether oxygens (including phenoxy) is 2. The zero-order valence-corrected chi connectivity index (χ0v) is 11.7. The van der Waals surface area contributed by atoms with E-state index in [1.807, 2.05) is 20.8 Å². The molecule has 0 heterocycles. The van der Waals surface area contributed by atoms with Gasteiger partial charge in [0.05, 0.1) is 25.1 Å². The topological polar surface area (TPSA) is 52.6 Å². The minimum Gasteiger partial charge on any atom is -0.379 e. The lowest BCUT2D eigenvalue weighted by Crippen LogP contribution is -2.23. The predicted molar refractivity (Wildman–Crippen MR) is 65.3 cm³/mol. The second-order valence-electron chi connectivity index (χ2n) is 3.78. The highest BCUT2D eigenvalue weighted by atomic mass is 35.7. The zero-order valence-electron chi connectivity index (χ0n) is 10.1. The van der Waals surface area contributed by atoms with Gasteiger partial charge in [0.15, 0.2) is 0 Å². The maximum atomic E-state index is 10.9. The molecular weight excluding hydrogens is 252 g/mol. The zero-order chi connectivity index (χ0) is 12.6. The van der Waals surface area contributed by atoms with Crippen LogP contribution < -0.4 is 0 Å². The maximum Gasteiger partial charge on any atom is 0.232 e. The second kappa shape index (κ2) is 8.28. The molecule has 0 saturated carbocycles. The van der Waals surface area contributed by atoms with E-state index in [1.54, 1.807) is 0 Å². The van der Waals surface area contributed by atoms with E-state index < -0.39 is 9.05 Å². The lowest BCUT2D eigenvalue weighted by atomic mass is 10.1. The first kappa shape index (κ1) is 16.2. The molecule has 16 heavy (non-hydrogen) atoms. The summed E-state index contributed by atoms with van der Waals surface area (Å²) in [7, 11) is 1.76. The lowest BCUT2D eigenvalue weighted by Gasteiger charge is -2.17. The molecule has 0 aliphatic heterocycles. The van der Waals surface area contributed by atoms with Gasteiger partial charge >= 0.3 is 0 Å². The van der Waals surface area contributed by atoms with Crippen molar-refractivity contribution < 1.29 is 17.9 Å². The summed E-state index contributed by atoms with van der Waals surface area (Å²) in [5.74, 6) is -0.0848. The van der Waals surface area contributed by atoms with Crippen molar-refractivity contribution in [3.8, 4) is 0 Å². The van der Waals surface area contributed by atoms with E-state index in [0.717, 1.165) is 6.42 Å². The van der Waals surface area contributed by atoms with E-state index in [9.17, 15) is 8.42 Å². The summed E-state index contributed by atoms with van der Waals surface area (Å²) in [6.45, 7) is 7.32. The van der Waals surface area contributed by atoms with Crippen LogP contribution in [0.1, 0.15) is 27.2 Å². The summed E-state index contributed by atoms with van der Waals surface area (Å²) in [5.41, 5.74) is 0. The molecule has 4 nitrogen and oxygen atoms in total. The first-order chi connectivity index (χ1) is 7.39. The van der Waals surface area contributed by atoms with Crippen molar-refractivity contribution in [2.24, 2.45) is 5.92 Å². The van der Waals surface area contributed by atoms with Crippen LogP contribution in [-0.2, 0) is 18.5 Å². The molecule has 0 spiro atoms. The summed E-state index contributed by atoms with van der Waals surface area (Å²) in [5, 5.41) is 0. The number of hydrogen-bond donors (Lipinski definition) is 0.